The largest absolute Gasteiger partial charge is 0.508 e. The summed E-state index contributed by atoms with van der Waals surface area (Å²) in [7, 11) is 0. The Morgan fingerprint density at radius 3 is 2.58 bits per heavy atom. The minimum Gasteiger partial charge on any atom is -0.508 e. The smallest absolute Gasteiger partial charge is 0.228 e. The summed E-state index contributed by atoms with van der Waals surface area (Å²) in [4.78, 5) is 19.6. The molecule has 0 saturated heterocycles. The number of rotatable bonds is 4. The summed E-state index contributed by atoms with van der Waals surface area (Å²) >= 11 is 0. The summed E-state index contributed by atoms with van der Waals surface area (Å²) in [6.07, 6.45) is 0.147. The highest BCUT2D eigenvalue weighted by molar-refractivity contribution is 5.95. The number of halogens is 2. The van der Waals surface area contributed by atoms with Crippen LogP contribution in [0.1, 0.15) is 5.56 Å². The zero-order chi connectivity index (χ0) is 21.5. The van der Waals surface area contributed by atoms with E-state index in [1.807, 2.05) is 12.1 Å². The van der Waals surface area contributed by atoms with Gasteiger partial charge in [0.05, 0.1) is 23.0 Å². The summed E-state index contributed by atoms with van der Waals surface area (Å²) in [6.45, 7) is 0. The van der Waals surface area contributed by atoms with Crippen LogP contribution in [0.3, 0.4) is 0 Å². The van der Waals surface area contributed by atoms with Crippen molar-refractivity contribution in [1.82, 2.24) is 20.2 Å². The van der Waals surface area contributed by atoms with Crippen molar-refractivity contribution in [2.45, 2.75) is 6.42 Å². The lowest BCUT2D eigenvalue weighted by Gasteiger charge is -2.05. The van der Waals surface area contributed by atoms with Gasteiger partial charge in [-0.25, -0.2) is 13.8 Å². The maximum absolute atomic E-state index is 13.5. The van der Waals surface area contributed by atoms with Gasteiger partial charge in [0.1, 0.15) is 11.4 Å². The van der Waals surface area contributed by atoms with Crippen molar-refractivity contribution < 1.29 is 18.7 Å². The van der Waals surface area contributed by atoms with E-state index in [-0.39, 0.29) is 18.1 Å². The molecule has 0 aliphatic rings. The quantitative estimate of drug-likeness (QED) is 0.326. The van der Waals surface area contributed by atoms with Gasteiger partial charge in [-0.1, -0.05) is 12.1 Å². The van der Waals surface area contributed by atoms with Crippen molar-refractivity contribution in [3.63, 3.8) is 0 Å². The van der Waals surface area contributed by atoms with Gasteiger partial charge in [-0.15, -0.1) is 0 Å². The summed E-state index contributed by atoms with van der Waals surface area (Å²) < 4.78 is 26.9. The molecular weight excluding hydrogens is 404 g/mol. The Bertz CT molecular complexity index is 1400. The first-order chi connectivity index (χ1) is 15.0. The molecule has 4 N–H and O–H groups in total. The van der Waals surface area contributed by atoms with E-state index in [0.29, 0.717) is 33.8 Å². The number of carbonyl (C=O) groups is 1. The zero-order valence-corrected chi connectivity index (χ0v) is 15.9. The molecule has 154 valence electrons. The molecule has 0 aliphatic heterocycles. The molecule has 7 nitrogen and oxygen atoms in total. The maximum Gasteiger partial charge on any atom is 0.228 e. The molecule has 2 heterocycles. The van der Waals surface area contributed by atoms with Crippen LogP contribution in [0.2, 0.25) is 0 Å². The predicted octanol–water partition coefficient (Wildman–Crippen LogP) is 4.27. The first kappa shape index (κ1) is 18.7. The van der Waals surface area contributed by atoms with E-state index < -0.39 is 11.6 Å². The van der Waals surface area contributed by atoms with E-state index in [9.17, 15) is 18.7 Å². The van der Waals surface area contributed by atoms with Gasteiger partial charge in [0.25, 0.3) is 0 Å². The van der Waals surface area contributed by atoms with Gasteiger partial charge in [-0.3, -0.25) is 9.89 Å². The topological polar surface area (TPSA) is 107 Å². The fourth-order valence-corrected chi connectivity index (χ4v) is 3.41. The van der Waals surface area contributed by atoms with Crippen molar-refractivity contribution in [3.05, 3.63) is 71.8 Å². The van der Waals surface area contributed by atoms with Crippen LogP contribution in [0.25, 0.3) is 33.5 Å². The molecule has 0 saturated carbocycles. The molecular formula is C22H15F2N5O2. The Balaban J connectivity index is 1.39. The first-order valence-electron chi connectivity index (χ1n) is 9.37. The average molecular weight is 419 g/mol. The maximum atomic E-state index is 13.5. The van der Waals surface area contributed by atoms with Crippen LogP contribution in [0.4, 0.5) is 14.5 Å². The lowest BCUT2D eigenvalue weighted by atomic mass is 10.1. The van der Waals surface area contributed by atoms with E-state index in [2.05, 4.69) is 25.5 Å². The monoisotopic (exact) mass is 419 g/mol. The third-order valence-corrected chi connectivity index (χ3v) is 4.89. The van der Waals surface area contributed by atoms with Crippen LogP contribution in [-0.2, 0) is 11.2 Å². The fourth-order valence-electron chi connectivity index (χ4n) is 3.41. The minimum absolute atomic E-state index is 0.123. The number of benzene rings is 3. The predicted molar refractivity (Wildman–Crippen MR) is 112 cm³/mol. The SMILES string of the molecule is O=C(Cc1ccc2c(-c3nc4cc(F)c(F)cc4[nH]3)n[nH]c2c1)Nc1ccc(O)cc1. The third kappa shape index (κ3) is 3.57. The normalized spacial score (nSPS) is 11.3. The molecule has 9 heteroatoms. The van der Waals surface area contributed by atoms with Gasteiger partial charge < -0.3 is 15.4 Å². The number of H-pyrrole nitrogens is 2. The number of fused-ring (bicyclic) bond motifs is 2. The molecule has 1 amide bonds. The molecule has 0 bridgehead atoms. The Morgan fingerprint density at radius 1 is 1.00 bits per heavy atom. The number of hydrogen-bond acceptors (Lipinski definition) is 4. The van der Waals surface area contributed by atoms with Gasteiger partial charge in [0.2, 0.25) is 5.91 Å². The summed E-state index contributed by atoms with van der Waals surface area (Å²) in [5.74, 6) is -1.62. The Hall–Kier alpha value is -4.27. The van der Waals surface area contributed by atoms with Crippen LogP contribution < -0.4 is 5.32 Å². The van der Waals surface area contributed by atoms with Crippen LogP contribution >= 0.6 is 0 Å². The highest BCUT2D eigenvalue weighted by Gasteiger charge is 2.15. The molecule has 0 unspecified atom stereocenters. The molecule has 5 aromatic rings. The number of nitrogens with zero attached hydrogens (tertiary/aromatic N) is 2. The van der Waals surface area contributed by atoms with Crippen molar-refractivity contribution in [3.8, 4) is 17.3 Å². The number of aromatic amines is 2. The highest BCUT2D eigenvalue weighted by Crippen LogP contribution is 2.28. The van der Waals surface area contributed by atoms with Gasteiger partial charge in [-0.2, -0.15) is 5.10 Å². The molecule has 0 aliphatic carbocycles. The summed E-state index contributed by atoms with van der Waals surface area (Å²) in [5.41, 5.74) is 3.23. The molecule has 0 radical (unpaired) electrons. The van der Waals surface area contributed by atoms with Crippen LogP contribution in [0.5, 0.6) is 5.75 Å². The third-order valence-electron chi connectivity index (χ3n) is 4.89. The Kier molecular flexibility index (Phi) is 4.36. The number of nitrogens with one attached hydrogen (secondary N) is 3. The summed E-state index contributed by atoms with van der Waals surface area (Å²) in [6, 6.07) is 13.7. The van der Waals surface area contributed by atoms with E-state index >= 15 is 0 Å². The summed E-state index contributed by atoms with van der Waals surface area (Å²) in [5, 5.41) is 20.0. The van der Waals surface area contributed by atoms with E-state index in [0.717, 1.165) is 23.1 Å². The van der Waals surface area contributed by atoms with Crippen molar-refractivity contribution >= 4 is 33.5 Å². The fraction of sp³-hybridized carbons (Fsp3) is 0.0455. The molecule has 0 atom stereocenters. The average Bonchev–Trinajstić information content (AvgIpc) is 3.33. The molecule has 5 rings (SSSR count). The van der Waals surface area contributed by atoms with E-state index in [1.165, 1.54) is 12.1 Å². The van der Waals surface area contributed by atoms with Crippen molar-refractivity contribution in [1.29, 1.82) is 0 Å². The Labute approximate surface area is 173 Å². The van der Waals surface area contributed by atoms with Crippen LogP contribution in [0, 0.1) is 11.6 Å². The Morgan fingerprint density at radius 2 is 1.77 bits per heavy atom. The second kappa shape index (κ2) is 7.21. The molecule has 0 spiro atoms. The molecule has 31 heavy (non-hydrogen) atoms. The first-order valence-corrected chi connectivity index (χ1v) is 9.37. The number of phenolic OH excluding ortho intramolecular Hbond substituents is 1. The number of anilines is 1. The van der Waals surface area contributed by atoms with Gasteiger partial charge >= 0.3 is 0 Å². The minimum atomic E-state index is -0.965. The van der Waals surface area contributed by atoms with Crippen LogP contribution in [0.15, 0.2) is 54.6 Å². The lowest BCUT2D eigenvalue weighted by Crippen LogP contribution is -2.14. The van der Waals surface area contributed by atoms with E-state index in [4.69, 9.17) is 0 Å². The van der Waals surface area contributed by atoms with Crippen molar-refractivity contribution in [2.24, 2.45) is 0 Å². The lowest BCUT2D eigenvalue weighted by molar-refractivity contribution is -0.115. The van der Waals surface area contributed by atoms with Crippen LogP contribution in [-0.4, -0.2) is 31.2 Å². The van der Waals surface area contributed by atoms with Gasteiger partial charge in [0.15, 0.2) is 17.5 Å². The number of amides is 1. The van der Waals surface area contributed by atoms with Gasteiger partial charge in [0, 0.05) is 23.2 Å². The highest BCUT2D eigenvalue weighted by atomic mass is 19.2. The number of aromatic nitrogens is 4. The van der Waals surface area contributed by atoms with Gasteiger partial charge in [-0.05, 0) is 35.9 Å². The number of carbonyl (C=O) groups excluding carboxylic acids is 1. The molecule has 0 fully saturated rings. The number of imidazole rings is 1. The second-order valence-electron chi connectivity index (χ2n) is 7.09. The molecule has 2 aromatic heterocycles. The van der Waals surface area contributed by atoms with E-state index in [1.54, 1.807) is 18.2 Å². The zero-order valence-electron chi connectivity index (χ0n) is 15.9. The number of aromatic hydroxyl groups is 1. The standard InChI is InChI=1S/C22H15F2N5O2/c23-15-9-18-19(10-16(15)24)27-22(26-18)21-14-6-1-11(7-17(14)28-29-21)8-20(31)25-12-2-4-13(30)5-3-12/h1-7,9-10,30H,8H2,(H,25,31)(H,26,27)(H,28,29). The second-order valence-corrected chi connectivity index (χ2v) is 7.09. The molecule has 3 aromatic carbocycles. The number of phenols is 1. The van der Waals surface area contributed by atoms with Crippen molar-refractivity contribution in [2.75, 3.05) is 5.32 Å². The number of hydrogen-bond donors (Lipinski definition) is 4.